The molecular formula is C46H47F3N2O3. The number of carbonyl (C=O) groups excluding carboxylic acids is 2. The SMILES string of the molecule is Cc1ccccc1Cc1ccc(N2CC(F)(F)CC2CC=O)cc1.O=CCC1CCCN1c1ccc(Cc2ccc(OCc3ccccc3F)cc2)cc1. The summed E-state index contributed by atoms with van der Waals surface area (Å²) in [4.78, 5) is 25.7. The Kier molecular flexibility index (Phi) is 12.9. The quantitative estimate of drug-likeness (QED) is 0.113. The summed E-state index contributed by atoms with van der Waals surface area (Å²) in [6.07, 6.45) is 6.14. The molecule has 0 amide bonds. The van der Waals surface area contributed by atoms with Crippen LogP contribution in [0.15, 0.2) is 121 Å². The first-order valence-electron chi connectivity index (χ1n) is 18.7. The van der Waals surface area contributed by atoms with Crippen molar-refractivity contribution in [2.75, 3.05) is 22.9 Å². The fourth-order valence-corrected chi connectivity index (χ4v) is 7.41. The minimum atomic E-state index is -2.73. The smallest absolute Gasteiger partial charge is 0.267 e. The first-order chi connectivity index (χ1) is 26.2. The topological polar surface area (TPSA) is 49.9 Å². The molecule has 7 rings (SSSR count). The largest absolute Gasteiger partial charge is 0.489 e. The van der Waals surface area contributed by atoms with E-state index in [2.05, 4.69) is 48.2 Å². The zero-order valence-electron chi connectivity index (χ0n) is 30.7. The molecule has 5 aromatic rings. The summed E-state index contributed by atoms with van der Waals surface area (Å²) in [7, 11) is 0. The van der Waals surface area contributed by atoms with E-state index < -0.39 is 12.0 Å². The zero-order chi connectivity index (χ0) is 37.9. The predicted octanol–water partition coefficient (Wildman–Crippen LogP) is 9.94. The van der Waals surface area contributed by atoms with Gasteiger partial charge in [-0.1, -0.05) is 78.9 Å². The number of alkyl halides is 2. The van der Waals surface area contributed by atoms with Gasteiger partial charge in [-0.3, -0.25) is 0 Å². The van der Waals surface area contributed by atoms with Crippen molar-refractivity contribution in [3.05, 3.63) is 161 Å². The van der Waals surface area contributed by atoms with Crippen molar-refractivity contribution in [3.8, 4) is 5.75 Å². The van der Waals surface area contributed by atoms with Gasteiger partial charge in [0, 0.05) is 54.8 Å². The van der Waals surface area contributed by atoms with Gasteiger partial charge in [-0.25, -0.2) is 13.2 Å². The Morgan fingerprint density at radius 3 is 1.87 bits per heavy atom. The average Bonchev–Trinajstić information content (AvgIpc) is 3.77. The number of aryl methyl sites for hydroxylation is 1. The molecule has 2 atom stereocenters. The van der Waals surface area contributed by atoms with Crippen molar-refractivity contribution >= 4 is 23.9 Å². The Bertz CT molecular complexity index is 1970. The first kappa shape index (κ1) is 38.4. The minimum absolute atomic E-state index is 0.139. The minimum Gasteiger partial charge on any atom is -0.489 e. The van der Waals surface area contributed by atoms with Crippen molar-refractivity contribution in [2.24, 2.45) is 0 Å². The van der Waals surface area contributed by atoms with Crippen LogP contribution in [-0.2, 0) is 29.0 Å². The van der Waals surface area contributed by atoms with Crippen LogP contribution < -0.4 is 14.5 Å². The molecule has 0 aliphatic carbocycles. The van der Waals surface area contributed by atoms with Gasteiger partial charge in [0.2, 0.25) is 0 Å². The van der Waals surface area contributed by atoms with E-state index in [0.717, 1.165) is 61.8 Å². The van der Waals surface area contributed by atoms with Crippen LogP contribution in [0, 0.1) is 12.7 Å². The van der Waals surface area contributed by atoms with Crippen molar-refractivity contribution in [2.45, 2.75) is 76.5 Å². The number of carbonyl (C=O) groups is 2. The van der Waals surface area contributed by atoms with Crippen LogP contribution in [0.3, 0.4) is 0 Å². The maximum absolute atomic E-state index is 13.7. The van der Waals surface area contributed by atoms with Crippen LogP contribution in [-0.4, -0.2) is 43.7 Å². The summed E-state index contributed by atoms with van der Waals surface area (Å²) in [5.74, 6) is -2.25. The molecule has 2 fully saturated rings. The zero-order valence-corrected chi connectivity index (χ0v) is 30.7. The van der Waals surface area contributed by atoms with Gasteiger partial charge in [0.1, 0.15) is 30.7 Å². The van der Waals surface area contributed by atoms with Crippen LogP contribution in [0.2, 0.25) is 0 Å². The normalized spacial score (nSPS) is 17.5. The Balaban J connectivity index is 0.000000189. The number of hydrogen-bond donors (Lipinski definition) is 0. The molecule has 5 nitrogen and oxygen atoms in total. The molecule has 0 N–H and O–H groups in total. The molecule has 2 heterocycles. The fraction of sp³-hybridized carbons (Fsp3) is 0.304. The molecule has 0 saturated carbocycles. The monoisotopic (exact) mass is 732 g/mol. The second-order valence-electron chi connectivity index (χ2n) is 14.3. The third-order valence-corrected chi connectivity index (χ3v) is 10.4. The number of nitrogens with zero attached hydrogens (tertiary/aromatic N) is 2. The lowest BCUT2D eigenvalue weighted by atomic mass is 10.0. The van der Waals surface area contributed by atoms with Crippen LogP contribution in [0.1, 0.15) is 65.5 Å². The summed E-state index contributed by atoms with van der Waals surface area (Å²) >= 11 is 0. The first-order valence-corrected chi connectivity index (χ1v) is 18.7. The van der Waals surface area contributed by atoms with Crippen molar-refractivity contribution < 1.29 is 27.5 Å². The highest BCUT2D eigenvalue weighted by Gasteiger charge is 2.44. The number of ether oxygens (including phenoxy) is 1. The van der Waals surface area contributed by atoms with E-state index in [1.807, 2.05) is 66.7 Å². The maximum atomic E-state index is 13.7. The van der Waals surface area contributed by atoms with E-state index in [9.17, 15) is 22.8 Å². The molecule has 54 heavy (non-hydrogen) atoms. The van der Waals surface area contributed by atoms with E-state index >= 15 is 0 Å². The van der Waals surface area contributed by atoms with E-state index in [4.69, 9.17) is 4.74 Å². The summed E-state index contributed by atoms with van der Waals surface area (Å²) in [6.45, 7) is 3.00. The fourth-order valence-electron chi connectivity index (χ4n) is 7.41. The van der Waals surface area contributed by atoms with Gasteiger partial charge in [-0.15, -0.1) is 0 Å². The predicted molar refractivity (Wildman–Crippen MR) is 209 cm³/mol. The molecule has 2 aliphatic rings. The Hall–Kier alpha value is -5.37. The number of rotatable bonds is 13. The molecule has 280 valence electrons. The van der Waals surface area contributed by atoms with Gasteiger partial charge in [0.05, 0.1) is 6.54 Å². The van der Waals surface area contributed by atoms with Crippen LogP contribution in [0.25, 0.3) is 0 Å². The molecule has 8 heteroatoms. The molecule has 5 aromatic carbocycles. The van der Waals surface area contributed by atoms with Crippen molar-refractivity contribution in [1.29, 1.82) is 0 Å². The molecule has 2 unspecified atom stereocenters. The summed E-state index contributed by atoms with van der Waals surface area (Å²) in [6, 6.07) is 39.1. The van der Waals surface area contributed by atoms with Gasteiger partial charge in [-0.05, 0) is 103 Å². The van der Waals surface area contributed by atoms with Crippen molar-refractivity contribution in [1.82, 2.24) is 0 Å². The van der Waals surface area contributed by atoms with E-state index in [1.54, 1.807) is 17.0 Å². The number of aldehydes is 2. The second kappa shape index (κ2) is 18.1. The van der Waals surface area contributed by atoms with Gasteiger partial charge in [0.15, 0.2) is 0 Å². The van der Waals surface area contributed by atoms with Gasteiger partial charge in [-0.2, -0.15) is 0 Å². The number of halogens is 3. The number of benzene rings is 5. The van der Waals surface area contributed by atoms with Gasteiger partial charge >= 0.3 is 0 Å². The molecule has 0 bridgehead atoms. The molecule has 2 saturated heterocycles. The molecule has 0 spiro atoms. The third-order valence-electron chi connectivity index (χ3n) is 10.4. The summed E-state index contributed by atoms with van der Waals surface area (Å²) < 4.78 is 46.8. The lowest BCUT2D eigenvalue weighted by molar-refractivity contribution is -0.108. The highest BCUT2D eigenvalue weighted by molar-refractivity contribution is 5.57. The van der Waals surface area contributed by atoms with Crippen molar-refractivity contribution in [3.63, 3.8) is 0 Å². The Morgan fingerprint density at radius 2 is 1.24 bits per heavy atom. The van der Waals surface area contributed by atoms with E-state index in [1.165, 1.54) is 34.0 Å². The van der Waals surface area contributed by atoms with Crippen LogP contribution >= 0.6 is 0 Å². The molecule has 0 aromatic heterocycles. The third kappa shape index (κ3) is 10.2. The highest BCUT2D eigenvalue weighted by Crippen LogP contribution is 2.37. The average molecular weight is 733 g/mol. The van der Waals surface area contributed by atoms with Gasteiger partial charge < -0.3 is 24.1 Å². The van der Waals surface area contributed by atoms with Gasteiger partial charge in [0.25, 0.3) is 5.92 Å². The Labute approximate surface area is 316 Å². The summed E-state index contributed by atoms with van der Waals surface area (Å²) in [5, 5.41) is 0. The molecule has 2 aliphatic heterocycles. The van der Waals surface area contributed by atoms with Crippen LogP contribution in [0.5, 0.6) is 5.75 Å². The summed E-state index contributed by atoms with van der Waals surface area (Å²) in [5.41, 5.74) is 8.59. The number of anilines is 2. The number of hydrogen-bond acceptors (Lipinski definition) is 5. The Morgan fingerprint density at radius 1 is 0.685 bits per heavy atom. The molecule has 0 radical (unpaired) electrons. The van der Waals surface area contributed by atoms with E-state index in [-0.39, 0.29) is 31.8 Å². The maximum Gasteiger partial charge on any atom is 0.267 e. The standard InChI is InChI=1S/C26H26FNO2.C20H21F2NO/c27-26-6-2-1-4-22(26)19-30-25-13-9-21(10-14-25)18-20-7-11-24(12-8-20)28-16-3-5-23(28)15-17-29;1-15-4-2-3-5-17(15)12-16-6-8-18(9-7-16)23-14-20(21,22)13-19(23)10-11-24/h1-2,4,6-14,17,23H,3,5,15-16,18-19H2;2-9,11,19H,10,12-14H2,1H3. The lowest BCUT2D eigenvalue weighted by Gasteiger charge is -2.25. The van der Waals surface area contributed by atoms with E-state index in [0.29, 0.717) is 18.0 Å². The van der Waals surface area contributed by atoms with Crippen LogP contribution in [0.4, 0.5) is 24.5 Å². The lowest BCUT2D eigenvalue weighted by Crippen LogP contribution is -2.30. The highest BCUT2D eigenvalue weighted by atomic mass is 19.3. The second-order valence-corrected chi connectivity index (χ2v) is 14.3. The molecular weight excluding hydrogens is 686 g/mol.